The first-order chi connectivity index (χ1) is 9.21. The Bertz CT molecular complexity index is 430. The van der Waals surface area contributed by atoms with Crippen LogP contribution in [0.5, 0.6) is 0 Å². The molecule has 1 amide bonds. The summed E-state index contributed by atoms with van der Waals surface area (Å²) >= 11 is 0. The van der Waals surface area contributed by atoms with Crippen LogP contribution in [0, 0.1) is 19.3 Å². The van der Waals surface area contributed by atoms with Crippen molar-refractivity contribution in [3.8, 4) is 0 Å². The summed E-state index contributed by atoms with van der Waals surface area (Å²) in [5.74, 6) is 0.799. The smallest absolute Gasteiger partial charge is 0.220 e. The highest BCUT2D eigenvalue weighted by Gasteiger charge is 2.21. The topological polar surface area (TPSA) is 75.4 Å². The zero-order valence-electron chi connectivity index (χ0n) is 13.1. The van der Waals surface area contributed by atoms with Gasteiger partial charge in [-0.15, -0.1) is 0 Å². The molecule has 0 radical (unpaired) electrons. The van der Waals surface area contributed by atoms with Crippen LogP contribution in [0.25, 0.3) is 0 Å². The van der Waals surface area contributed by atoms with Gasteiger partial charge in [0, 0.05) is 18.5 Å². The number of hydrogen-bond acceptors (Lipinski definition) is 4. The number of aliphatic hydroxyl groups is 1. The highest BCUT2D eigenvalue weighted by molar-refractivity contribution is 5.76. The standard InChI is InChI=1S/C15H26N2O3/c1-10(18)8-15(4,5)9-16-14(19)7-6-13-11(2)17-20-12(13)3/h10,18H,6-9H2,1-5H3,(H,16,19). The lowest BCUT2D eigenvalue weighted by atomic mass is 9.87. The first kappa shape index (κ1) is 16.7. The van der Waals surface area contributed by atoms with Crippen molar-refractivity contribution in [2.75, 3.05) is 6.54 Å². The van der Waals surface area contributed by atoms with Crippen LogP contribution in [0.1, 0.15) is 50.6 Å². The Kier molecular flexibility index (Phi) is 5.74. The number of aromatic nitrogens is 1. The third-order valence-electron chi connectivity index (χ3n) is 3.40. The monoisotopic (exact) mass is 282 g/mol. The van der Waals surface area contributed by atoms with Crippen LogP contribution in [0.3, 0.4) is 0 Å². The lowest BCUT2D eigenvalue weighted by Crippen LogP contribution is -2.35. The summed E-state index contributed by atoms with van der Waals surface area (Å²) in [6.07, 6.45) is 1.37. The number of aryl methyl sites for hydroxylation is 2. The number of rotatable bonds is 7. The molecule has 5 nitrogen and oxygen atoms in total. The van der Waals surface area contributed by atoms with E-state index in [0.717, 1.165) is 17.0 Å². The van der Waals surface area contributed by atoms with E-state index in [1.165, 1.54) is 0 Å². The molecule has 0 saturated heterocycles. The molecule has 0 aliphatic rings. The van der Waals surface area contributed by atoms with E-state index in [1.807, 2.05) is 27.7 Å². The fourth-order valence-corrected chi connectivity index (χ4v) is 2.40. The first-order valence-electron chi connectivity index (χ1n) is 7.08. The predicted octanol–water partition coefficient (Wildman–Crippen LogP) is 2.14. The van der Waals surface area contributed by atoms with Crippen molar-refractivity contribution in [1.82, 2.24) is 10.5 Å². The minimum atomic E-state index is -0.357. The zero-order valence-corrected chi connectivity index (χ0v) is 13.1. The van der Waals surface area contributed by atoms with Gasteiger partial charge in [0.25, 0.3) is 0 Å². The van der Waals surface area contributed by atoms with E-state index in [1.54, 1.807) is 6.92 Å². The molecule has 1 rings (SSSR count). The van der Waals surface area contributed by atoms with E-state index in [-0.39, 0.29) is 17.4 Å². The maximum atomic E-state index is 11.9. The Hall–Kier alpha value is -1.36. The van der Waals surface area contributed by atoms with Crippen LogP contribution in [-0.4, -0.2) is 28.8 Å². The van der Waals surface area contributed by atoms with E-state index in [0.29, 0.717) is 25.8 Å². The third-order valence-corrected chi connectivity index (χ3v) is 3.40. The Morgan fingerprint density at radius 2 is 2.10 bits per heavy atom. The van der Waals surface area contributed by atoms with Crippen LogP contribution < -0.4 is 5.32 Å². The van der Waals surface area contributed by atoms with Crippen LogP contribution in [0.2, 0.25) is 0 Å². The molecule has 1 heterocycles. The lowest BCUT2D eigenvalue weighted by Gasteiger charge is -2.26. The van der Waals surface area contributed by atoms with Gasteiger partial charge in [-0.05, 0) is 39.0 Å². The molecular formula is C15H26N2O3. The van der Waals surface area contributed by atoms with E-state index in [9.17, 15) is 9.90 Å². The van der Waals surface area contributed by atoms with Gasteiger partial charge in [-0.2, -0.15) is 0 Å². The maximum Gasteiger partial charge on any atom is 0.220 e. The van der Waals surface area contributed by atoms with Gasteiger partial charge in [0.2, 0.25) is 5.91 Å². The number of aliphatic hydroxyl groups excluding tert-OH is 1. The van der Waals surface area contributed by atoms with Gasteiger partial charge in [0.05, 0.1) is 11.8 Å². The summed E-state index contributed by atoms with van der Waals surface area (Å²) in [6.45, 7) is 10.1. The second kappa shape index (κ2) is 6.88. The van der Waals surface area contributed by atoms with Gasteiger partial charge in [-0.1, -0.05) is 19.0 Å². The number of carbonyl (C=O) groups excluding carboxylic acids is 1. The fourth-order valence-electron chi connectivity index (χ4n) is 2.40. The second-order valence-electron chi connectivity index (χ2n) is 6.30. The van der Waals surface area contributed by atoms with E-state index in [4.69, 9.17) is 4.52 Å². The lowest BCUT2D eigenvalue weighted by molar-refractivity contribution is -0.121. The van der Waals surface area contributed by atoms with Crippen molar-refractivity contribution < 1.29 is 14.4 Å². The molecule has 0 aliphatic carbocycles. The third kappa shape index (κ3) is 5.33. The number of carbonyl (C=O) groups is 1. The maximum absolute atomic E-state index is 11.9. The molecule has 0 aromatic carbocycles. The minimum Gasteiger partial charge on any atom is -0.393 e. The molecule has 0 aliphatic heterocycles. The van der Waals surface area contributed by atoms with Crippen LogP contribution in [-0.2, 0) is 11.2 Å². The van der Waals surface area contributed by atoms with Crippen LogP contribution >= 0.6 is 0 Å². The van der Waals surface area contributed by atoms with Crippen molar-refractivity contribution in [2.24, 2.45) is 5.41 Å². The molecule has 1 aromatic heterocycles. The molecule has 0 spiro atoms. The largest absolute Gasteiger partial charge is 0.393 e. The molecule has 1 aromatic rings. The number of nitrogens with zero attached hydrogens (tertiary/aromatic N) is 1. The van der Waals surface area contributed by atoms with Gasteiger partial charge in [0.1, 0.15) is 5.76 Å². The molecule has 5 heteroatoms. The van der Waals surface area contributed by atoms with Crippen LogP contribution in [0.15, 0.2) is 4.52 Å². The summed E-state index contributed by atoms with van der Waals surface area (Å²) in [5, 5.41) is 16.2. The second-order valence-corrected chi connectivity index (χ2v) is 6.30. The quantitative estimate of drug-likeness (QED) is 0.803. The number of amides is 1. The van der Waals surface area contributed by atoms with Crippen LogP contribution in [0.4, 0.5) is 0 Å². The molecule has 1 atom stereocenters. The molecule has 0 bridgehead atoms. The van der Waals surface area contributed by atoms with E-state index < -0.39 is 0 Å². The Morgan fingerprint density at radius 3 is 2.60 bits per heavy atom. The van der Waals surface area contributed by atoms with E-state index in [2.05, 4.69) is 10.5 Å². The van der Waals surface area contributed by atoms with Crippen molar-refractivity contribution >= 4 is 5.91 Å². The van der Waals surface area contributed by atoms with Gasteiger partial charge >= 0.3 is 0 Å². The Labute approximate surface area is 120 Å². The summed E-state index contributed by atoms with van der Waals surface area (Å²) in [7, 11) is 0. The predicted molar refractivity (Wildman–Crippen MR) is 77.4 cm³/mol. The average molecular weight is 282 g/mol. The average Bonchev–Trinajstić information content (AvgIpc) is 2.62. The normalized spacial score (nSPS) is 13.3. The van der Waals surface area contributed by atoms with E-state index >= 15 is 0 Å². The molecule has 0 saturated carbocycles. The molecule has 114 valence electrons. The molecule has 1 unspecified atom stereocenters. The Balaban J connectivity index is 2.38. The van der Waals surface area contributed by atoms with Gasteiger partial charge in [-0.25, -0.2) is 0 Å². The minimum absolute atomic E-state index is 0.0173. The molecular weight excluding hydrogens is 256 g/mol. The number of nitrogens with one attached hydrogen (secondary N) is 1. The summed E-state index contributed by atoms with van der Waals surface area (Å²) in [5.41, 5.74) is 1.76. The summed E-state index contributed by atoms with van der Waals surface area (Å²) < 4.78 is 5.08. The molecule has 20 heavy (non-hydrogen) atoms. The highest BCUT2D eigenvalue weighted by atomic mass is 16.5. The van der Waals surface area contributed by atoms with Gasteiger partial charge < -0.3 is 14.9 Å². The van der Waals surface area contributed by atoms with Crippen molar-refractivity contribution in [1.29, 1.82) is 0 Å². The van der Waals surface area contributed by atoms with Crippen molar-refractivity contribution in [3.05, 3.63) is 17.0 Å². The SMILES string of the molecule is Cc1noc(C)c1CCC(=O)NCC(C)(C)CC(C)O. The summed E-state index contributed by atoms with van der Waals surface area (Å²) in [6, 6.07) is 0. The van der Waals surface area contributed by atoms with Gasteiger partial charge in [-0.3, -0.25) is 4.79 Å². The zero-order chi connectivity index (χ0) is 15.3. The van der Waals surface area contributed by atoms with Crippen molar-refractivity contribution in [3.63, 3.8) is 0 Å². The fraction of sp³-hybridized carbons (Fsp3) is 0.733. The summed E-state index contributed by atoms with van der Waals surface area (Å²) in [4.78, 5) is 11.9. The first-order valence-corrected chi connectivity index (χ1v) is 7.08. The van der Waals surface area contributed by atoms with Crippen molar-refractivity contribution in [2.45, 2.75) is 60.0 Å². The number of hydrogen-bond donors (Lipinski definition) is 2. The highest BCUT2D eigenvalue weighted by Crippen LogP contribution is 2.21. The molecule has 2 N–H and O–H groups in total. The molecule has 0 fully saturated rings. The Morgan fingerprint density at radius 1 is 1.45 bits per heavy atom. The van der Waals surface area contributed by atoms with Gasteiger partial charge in [0.15, 0.2) is 0 Å².